The zero-order valence-corrected chi connectivity index (χ0v) is 22.6. The van der Waals surface area contributed by atoms with Gasteiger partial charge in [-0.1, -0.05) is 37.6 Å². The number of rotatable bonds is 11. The minimum absolute atomic E-state index is 0.0319. The van der Waals surface area contributed by atoms with Crippen LogP contribution < -0.4 is 15.0 Å². The molecule has 2 aromatic carbocycles. The number of halogens is 1. The molecular weight excluding hydrogens is 492 g/mol. The van der Waals surface area contributed by atoms with Crippen LogP contribution in [-0.4, -0.2) is 40.4 Å². The highest BCUT2D eigenvalue weighted by Gasteiger charge is 2.24. The van der Waals surface area contributed by atoms with Crippen molar-refractivity contribution < 1.29 is 19.2 Å². The average molecular weight is 527 g/mol. The molecule has 8 nitrogen and oxygen atoms in total. The van der Waals surface area contributed by atoms with Gasteiger partial charge in [0.25, 0.3) is 11.8 Å². The van der Waals surface area contributed by atoms with Crippen molar-refractivity contribution in [2.75, 3.05) is 18.0 Å². The van der Waals surface area contributed by atoms with Crippen molar-refractivity contribution in [3.05, 3.63) is 52.5 Å². The summed E-state index contributed by atoms with van der Waals surface area (Å²) in [5.41, 5.74) is 4.20. The van der Waals surface area contributed by atoms with E-state index in [1.165, 1.54) is 11.1 Å². The Morgan fingerprint density at radius 2 is 2.08 bits per heavy atom. The second-order valence-electron chi connectivity index (χ2n) is 10.6. The van der Waals surface area contributed by atoms with E-state index in [2.05, 4.69) is 52.4 Å². The van der Waals surface area contributed by atoms with Crippen molar-refractivity contribution in [1.29, 1.82) is 0 Å². The van der Waals surface area contributed by atoms with Gasteiger partial charge in [0.1, 0.15) is 5.75 Å². The van der Waals surface area contributed by atoms with Gasteiger partial charge in [-0.25, -0.2) is 0 Å². The van der Waals surface area contributed by atoms with Crippen molar-refractivity contribution in [1.82, 2.24) is 15.5 Å². The number of aromatic nitrogens is 2. The zero-order valence-electron chi connectivity index (χ0n) is 21.9. The van der Waals surface area contributed by atoms with E-state index in [4.69, 9.17) is 26.0 Å². The summed E-state index contributed by atoms with van der Waals surface area (Å²) in [6.07, 6.45) is 2.84. The van der Waals surface area contributed by atoms with E-state index < -0.39 is 5.97 Å². The summed E-state index contributed by atoms with van der Waals surface area (Å²) < 4.78 is 11.3. The number of aryl methyl sites for hydroxylation is 1. The molecule has 0 radical (unpaired) electrons. The molecule has 37 heavy (non-hydrogen) atoms. The molecular formula is C28H35ClN4O4. The van der Waals surface area contributed by atoms with Crippen molar-refractivity contribution in [3.8, 4) is 17.2 Å². The van der Waals surface area contributed by atoms with Crippen LogP contribution in [0.15, 0.2) is 40.9 Å². The fraction of sp³-hybridized carbons (Fsp3) is 0.464. The Kier molecular flexibility index (Phi) is 8.39. The molecule has 0 bridgehead atoms. The summed E-state index contributed by atoms with van der Waals surface area (Å²) in [7, 11) is 0. The second-order valence-corrected chi connectivity index (χ2v) is 11.0. The highest BCUT2D eigenvalue weighted by atomic mass is 35.5. The van der Waals surface area contributed by atoms with E-state index in [1.54, 1.807) is 6.07 Å². The number of nitrogens with one attached hydrogen (secondary N) is 1. The van der Waals surface area contributed by atoms with Crippen LogP contribution in [-0.2, 0) is 17.8 Å². The zero-order chi connectivity index (χ0) is 26.6. The van der Waals surface area contributed by atoms with Gasteiger partial charge in [0.05, 0.1) is 11.1 Å². The summed E-state index contributed by atoms with van der Waals surface area (Å²) >= 11 is 6.40. The molecule has 2 heterocycles. The molecule has 0 saturated carbocycles. The maximum absolute atomic E-state index is 10.9. The third-order valence-corrected chi connectivity index (χ3v) is 6.70. The minimum atomic E-state index is -0.751. The van der Waals surface area contributed by atoms with Crippen molar-refractivity contribution >= 4 is 29.2 Å². The molecule has 0 saturated heterocycles. The lowest BCUT2D eigenvalue weighted by Gasteiger charge is -2.29. The second kappa shape index (κ2) is 11.5. The third-order valence-electron chi connectivity index (χ3n) is 6.41. The van der Waals surface area contributed by atoms with Gasteiger partial charge >= 0.3 is 5.97 Å². The van der Waals surface area contributed by atoms with E-state index in [0.717, 1.165) is 43.7 Å². The minimum Gasteiger partial charge on any atom is -0.489 e. The van der Waals surface area contributed by atoms with Crippen LogP contribution in [0.2, 0.25) is 5.02 Å². The number of ether oxygens (including phenoxy) is 1. The Morgan fingerprint density at radius 3 is 2.81 bits per heavy atom. The molecule has 0 unspecified atom stereocenters. The number of hydrogen-bond donors (Lipinski definition) is 2. The van der Waals surface area contributed by atoms with Crippen LogP contribution in [0.4, 0.5) is 11.6 Å². The first-order valence-electron chi connectivity index (χ1n) is 12.7. The van der Waals surface area contributed by atoms with E-state index in [9.17, 15) is 4.79 Å². The molecule has 0 spiro atoms. The number of nitrogens with zero attached hydrogens (tertiary/aromatic N) is 3. The first kappa shape index (κ1) is 26.9. The first-order valence-corrected chi connectivity index (χ1v) is 13.1. The molecule has 1 aliphatic heterocycles. The SMILES string of the molecule is CC(C)Oc1ccc(-c2nc(N3CCCc4cc(CNCC(C)(C)CCC(=O)O)ccc43)no2)cc1Cl. The number of fused-ring (bicyclic) bond motifs is 1. The Morgan fingerprint density at radius 1 is 1.27 bits per heavy atom. The fourth-order valence-corrected chi connectivity index (χ4v) is 4.70. The fourth-order valence-electron chi connectivity index (χ4n) is 4.47. The smallest absolute Gasteiger partial charge is 0.303 e. The lowest BCUT2D eigenvalue weighted by Crippen LogP contribution is -2.30. The third kappa shape index (κ3) is 7.02. The Balaban J connectivity index is 1.43. The summed E-state index contributed by atoms with van der Waals surface area (Å²) in [5, 5.41) is 17.2. The van der Waals surface area contributed by atoms with Gasteiger partial charge in [-0.05, 0) is 79.1 Å². The molecule has 1 aromatic heterocycles. The van der Waals surface area contributed by atoms with Gasteiger partial charge in [-0.15, -0.1) is 0 Å². The molecule has 2 N–H and O–H groups in total. The van der Waals surface area contributed by atoms with Gasteiger partial charge in [-0.3, -0.25) is 4.79 Å². The number of anilines is 2. The summed E-state index contributed by atoms with van der Waals surface area (Å²) in [6.45, 7) is 10.4. The first-order chi connectivity index (χ1) is 17.6. The lowest BCUT2D eigenvalue weighted by molar-refractivity contribution is -0.137. The largest absolute Gasteiger partial charge is 0.489 e. The quantitative estimate of drug-likeness (QED) is 0.302. The molecule has 0 fully saturated rings. The maximum atomic E-state index is 10.9. The van der Waals surface area contributed by atoms with Gasteiger partial charge in [-0.2, -0.15) is 4.98 Å². The highest BCUT2D eigenvalue weighted by Crippen LogP contribution is 2.35. The van der Waals surface area contributed by atoms with Crippen LogP contribution in [0, 0.1) is 5.41 Å². The number of aliphatic carboxylic acids is 1. The number of carbonyl (C=O) groups is 1. The monoisotopic (exact) mass is 526 g/mol. The Bertz CT molecular complexity index is 1240. The van der Waals surface area contributed by atoms with Crippen molar-refractivity contribution in [3.63, 3.8) is 0 Å². The lowest BCUT2D eigenvalue weighted by atomic mass is 9.87. The van der Waals surface area contributed by atoms with Crippen LogP contribution in [0.1, 0.15) is 58.1 Å². The van der Waals surface area contributed by atoms with Crippen LogP contribution in [0.25, 0.3) is 11.5 Å². The molecule has 4 rings (SSSR count). The Labute approximate surface area is 223 Å². The summed E-state index contributed by atoms with van der Waals surface area (Å²) in [4.78, 5) is 17.6. The molecule has 0 atom stereocenters. The predicted molar refractivity (Wildman–Crippen MR) is 145 cm³/mol. The van der Waals surface area contributed by atoms with E-state index in [0.29, 0.717) is 29.0 Å². The number of hydrogen-bond acceptors (Lipinski definition) is 7. The van der Waals surface area contributed by atoms with Gasteiger partial charge in [0, 0.05) is 37.3 Å². The molecule has 3 aromatic rings. The van der Waals surface area contributed by atoms with E-state index >= 15 is 0 Å². The summed E-state index contributed by atoms with van der Waals surface area (Å²) in [5.74, 6) is 0.810. The number of benzene rings is 2. The molecule has 0 aliphatic carbocycles. The van der Waals surface area contributed by atoms with E-state index in [1.807, 2.05) is 26.0 Å². The number of carboxylic acids is 1. The van der Waals surface area contributed by atoms with Crippen LogP contribution >= 0.6 is 11.6 Å². The van der Waals surface area contributed by atoms with E-state index in [-0.39, 0.29) is 17.9 Å². The molecule has 198 valence electrons. The summed E-state index contributed by atoms with van der Waals surface area (Å²) in [6, 6.07) is 11.9. The van der Waals surface area contributed by atoms with Gasteiger partial charge in [0.2, 0.25) is 0 Å². The van der Waals surface area contributed by atoms with Crippen LogP contribution in [0.5, 0.6) is 5.75 Å². The maximum Gasteiger partial charge on any atom is 0.303 e. The topological polar surface area (TPSA) is 101 Å². The van der Waals surface area contributed by atoms with Crippen molar-refractivity contribution in [2.45, 2.75) is 66.0 Å². The number of carboxylic acid groups (broad SMARTS) is 1. The molecule has 1 aliphatic rings. The Hall–Kier alpha value is -3.10. The van der Waals surface area contributed by atoms with Gasteiger partial charge in [0.15, 0.2) is 0 Å². The van der Waals surface area contributed by atoms with Gasteiger partial charge < -0.3 is 24.6 Å². The standard InChI is InChI=1S/C28H35ClN4O4/c1-18(2)36-24-10-8-21(15-22(24)29)26-31-27(32-37-26)33-13-5-6-20-14-19(7-9-23(20)33)16-30-17-28(3,4)12-11-25(34)35/h7-10,14-15,18,30H,5-6,11-13,16-17H2,1-4H3,(H,34,35). The molecule has 0 amide bonds. The average Bonchev–Trinajstić information content (AvgIpc) is 3.33. The normalized spacial score (nSPS) is 13.6. The highest BCUT2D eigenvalue weighted by molar-refractivity contribution is 6.32. The van der Waals surface area contributed by atoms with Crippen LogP contribution in [0.3, 0.4) is 0 Å². The van der Waals surface area contributed by atoms with Crippen molar-refractivity contribution in [2.24, 2.45) is 5.41 Å². The predicted octanol–water partition coefficient (Wildman–Crippen LogP) is 6.24. The molecule has 9 heteroatoms.